The Bertz CT molecular complexity index is 152. The minimum absolute atomic E-state index is 0.326. The second-order valence-electron chi connectivity index (χ2n) is 1.27. The zero-order valence-corrected chi connectivity index (χ0v) is 4.16. The quantitative estimate of drug-likeness (QED) is 0.497. The van der Waals surface area contributed by atoms with Gasteiger partial charge in [0.1, 0.15) is 0 Å². The van der Waals surface area contributed by atoms with Gasteiger partial charge in [0.15, 0.2) is 0 Å². The number of aromatic nitrogens is 1. The summed E-state index contributed by atoms with van der Waals surface area (Å²) in [5.74, 6) is 6.71. The number of nitrogens with zero attached hydrogens (tertiary/aromatic N) is 1. The van der Waals surface area contributed by atoms with E-state index in [0.29, 0.717) is 5.88 Å². The van der Waals surface area contributed by atoms with Gasteiger partial charge in [-0.15, -0.1) is 0 Å². The molecule has 3 heteroatoms. The third-order valence-electron chi connectivity index (χ3n) is 0.742. The van der Waals surface area contributed by atoms with E-state index in [2.05, 4.69) is 9.82 Å². The minimum atomic E-state index is 0.326. The highest BCUT2D eigenvalue weighted by molar-refractivity contribution is 5.08. The Balaban J connectivity index is 2.83. The van der Waals surface area contributed by atoms with Crippen LogP contribution in [0.5, 0.6) is 5.88 Å². The van der Waals surface area contributed by atoms with Gasteiger partial charge < -0.3 is 4.84 Å². The molecule has 0 fully saturated rings. The standard InChI is InChI=1S/C5H5N2O/c6-8-5-3-1-2-4-7-5/h1-4,6H. The van der Waals surface area contributed by atoms with E-state index in [-0.39, 0.29) is 0 Å². The third-order valence-corrected chi connectivity index (χ3v) is 0.742. The maximum Gasteiger partial charge on any atom is 0.239 e. The Morgan fingerprint density at radius 1 is 1.50 bits per heavy atom. The number of pyridine rings is 1. The van der Waals surface area contributed by atoms with E-state index in [4.69, 9.17) is 5.90 Å². The van der Waals surface area contributed by atoms with Crippen molar-refractivity contribution >= 4 is 0 Å². The van der Waals surface area contributed by atoms with Gasteiger partial charge in [-0.3, -0.25) is 0 Å². The van der Waals surface area contributed by atoms with E-state index in [9.17, 15) is 0 Å². The molecule has 1 rings (SSSR count). The topological polar surface area (TPSA) is 45.9 Å². The second-order valence-corrected chi connectivity index (χ2v) is 1.27. The van der Waals surface area contributed by atoms with Crippen LogP contribution in [0.4, 0.5) is 0 Å². The monoisotopic (exact) mass is 109 g/mol. The predicted octanol–water partition coefficient (Wildman–Crippen LogP) is 0.658. The van der Waals surface area contributed by atoms with E-state index in [1.54, 1.807) is 24.4 Å². The van der Waals surface area contributed by atoms with Crippen LogP contribution in [0.1, 0.15) is 0 Å². The first-order valence-corrected chi connectivity index (χ1v) is 2.18. The summed E-state index contributed by atoms with van der Waals surface area (Å²) >= 11 is 0. The van der Waals surface area contributed by atoms with Gasteiger partial charge in [0.2, 0.25) is 5.88 Å². The molecule has 1 aromatic rings. The molecule has 0 saturated carbocycles. The molecule has 0 amide bonds. The zero-order valence-electron chi connectivity index (χ0n) is 4.16. The van der Waals surface area contributed by atoms with Crippen LogP contribution in [-0.2, 0) is 0 Å². The molecular weight excluding hydrogens is 104 g/mol. The highest BCUT2D eigenvalue weighted by atomic mass is 16.6. The first-order valence-electron chi connectivity index (χ1n) is 2.18. The van der Waals surface area contributed by atoms with Crippen molar-refractivity contribution in [3.63, 3.8) is 0 Å². The summed E-state index contributed by atoms with van der Waals surface area (Å²) in [5, 5.41) is 0. The van der Waals surface area contributed by atoms with Gasteiger partial charge in [-0.1, -0.05) is 12.0 Å². The van der Waals surface area contributed by atoms with Crippen LogP contribution in [0.2, 0.25) is 0 Å². The molecule has 0 atom stereocenters. The Labute approximate surface area is 47.1 Å². The lowest BCUT2D eigenvalue weighted by Crippen LogP contribution is -1.87. The van der Waals surface area contributed by atoms with E-state index >= 15 is 0 Å². The zero-order chi connectivity index (χ0) is 5.82. The van der Waals surface area contributed by atoms with Gasteiger partial charge in [0, 0.05) is 12.3 Å². The van der Waals surface area contributed by atoms with Crippen LogP contribution in [0.3, 0.4) is 0 Å². The fourth-order valence-corrected chi connectivity index (χ4v) is 0.407. The molecule has 1 aromatic heterocycles. The molecule has 0 aliphatic heterocycles. The summed E-state index contributed by atoms with van der Waals surface area (Å²) in [7, 11) is 0. The van der Waals surface area contributed by atoms with E-state index in [0.717, 1.165) is 0 Å². The van der Waals surface area contributed by atoms with Gasteiger partial charge in [0.05, 0.1) is 0 Å². The fourth-order valence-electron chi connectivity index (χ4n) is 0.407. The van der Waals surface area contributed by atoms with Crippen molar-refractivity contribution in [1.82, 2.24) is 10.9 Å². The molecule has 1 radical (unpaired) electrons. The van der Waals surface area contributed by atoms with Crippen molar-refractivity contribution in [2.45, 2.75) is 0 Å². The van der Waals surface area contributed by atoms with E-state index in [1.807, 2.05) is 0 Å². The second kappa shape index (κ2) is 2.28. The van der Waals surface area contributed by atoms with Crippen LogP contribution in [-0.4, -0.2) is 4.98 Å². The average Bonchev–Trinajstić information content (AvgIpc) is 1.90. The summed E-state index contributed by atoms with van der Waals surface area (Å²) in [6.07, 6.45) is 1.57. The van der Waals surface area contributed by atoms with Gasteiger partial charge in [-0.2, -0.15) is 0 Å². The Morgan fingerprint density at radius 2 is 2.38 bits per heavy atom. The summed E-state index contributed by atoms with van der Waals surface area (Å²) in [6.45, 7) is 0. The summed E-state index contributed by atoms with van der Waals surface area (Å²) < 4.78 is 0. The molecule has 0 spiro atoms. The smallest absolute Gasteiger partial charge is 0.239 e. The first kappa shape index (κ1) is 5.05. The number of hydrogen-bond acceptors (Lipinski definition) is 2. The van der Waals surface area contributed by atoms with Crippen LogP contribution < -0.4 is 10.7 Å². The van der Waals surface area contributed by atoms with Crippen LogP contribution >= 0.6 is 0 Å². The first-order chi connectivity index (χ1) is 3.93. The molecule has 41 valence electrons. The van der Waals surface area contributed by atoms with Crippen LogP contribution in [0.15, 0.2) is 24.4 Å². The molecule has 8 heavy (non-hydrogen) atoms. The SMILES string of the molecule is [NH]Oc1ccccn1. The molecule has 3 nitrogen and oxygen atoms in total. The van der Waals surface area contributed by atoms with Crippen molar-refractivity contribution in [1.29, 1.82) is 0 Å². The van der Waals surface area contributed by atoms with Gasteiger partial charge in [-0.25, -0.2) is 4.98 Å². The maximum absolute atomic E-state index is 6.38. The molecule has 0 bridgehead atoms. The lowest BCUT2D eigenvalue weighted by atomic mass is 10.5. The molecule has 0 aliphatic carbocycles. The third kappa shape index (κ3) is 0.946. The maximum atomic E-state index is 6.38. The summed E-state index contributed by atoms with van der Waals surface area (Å²) in [5.41, 5.74) is 0. The van der Waals surface area contributed by atoms with E-state index < -0.39 is 0 Å². The number of nitrogens with one attached hydrogen (secondary N) is 1. The Hall–Kier alpha value is -1.09. The summed E-state index contributed by atoms with van der Waals surface area (Å²) in [6, 6.07) is 5.15. The molecule has 1 N–H and O–H groups in total. The lowest BCUT2D eigenvalue weighted by molar-refractivity contribution is 0.296. The molecule has 1 heterocycles. The van der Waals surface area contributed by atoms with Gasteiger partial charge in [-0.05, 0) is 6.07 Å². The largest absolute Gasteiger partial charge is 0.371 e. The molecule has 0 saturated heterocycles. The minimum Gasteiger partial charge on any atom is -0.371 e. The normalized spacial score (nSPS) is 8.62. The number of rotatable bonds is 1. The Kier molecular flexibility index (Phi) is 1.44. The van der Waals surface area contributed by atoms with Crippen molar-refractivity contribution in [2.75, 3.05) is 0 Å². The highest BCUT2D eigenvalue weighted by Crippen LogP contribution is 1.99. The lowest BCUT2D eigenvalue weighted by Gasteiger charge is -1.89. The van der Waals surface area contributed by atoms with Crippen LogP contribution in [0, 0.1) is 0 Å². The number of hydrogen-bond donors (Lipinski definition) is 0. The average molecular weight is 109 g/mol. The van der Waals surface area contributed by atoms with Crippen molar-refractivity contribution < 1.29 is 4.84 Å². The van der Waals surface area contributed by atoms with Gasteiger partial charge in [0.25, 0.3) is 0 Å². The van der Waals surface area contributed by atoms with Crippen molar-refractivity contribution in [3.05, 3.63) is 24.4 Å². The summed E-state index contributed by atoms with van der Waals surface area (Å²) in [4.78, 5) is 7.74. The molecular formula is C5H5N2O. The van der Waals surface area contributed by atoms with E-state index in [1.165, 1.54) is 0 Å². The predicted molar refractivity (Wildman–Crippen MR) is 28.0 cm³/mol. The van der Waals surface area contributed by atoms with Crippen LogP contribution in [0.25, 0.3) is 0 Å². The van der Waals surface area contributed by atoms with Crippen molar-refractivity contribution in [2.24, 2.45) is 0 Å². The Morgan fingerprint density at radius 3 is 2.75 bits per heavy atom. The molecule has 0 aliphatic rings. The fraction of sp³-hybridized carbons (Fsp3) is 0. The van der Waals surface area contributed by atoms with Crippen molar-refractivity contribution in [3.8, 4) is 5.88 Å². The highest BCUT2D eigenvalue weighted by Gasteiger charge is 1.83. The molecule has 0 unspecified atom stereocenters. The molecule has 0 aromatic carbocycles. The van der Waals surface area contributed by atoms with Gasteiger partial charge >= 0.3 is 0 Å².